The molecule has 20 atom stereocenters. The van der Waals surface area contributed by atoms with Gasteiger partial charge >= 0.3 is 5.97 Å². The number of hydrogen-bond donors (Lipinski definition) is 3. The molecule has 4 fully saturated rings. The molecule has 0 aromatic carbocycles. The summed E-state index contributed by atoms with van der Waals surface area (Å²) in [7, 11) is 3.22. The van der Waals surface area contributed by atoms with Gasteiger partial charge in [0.05, 0.1) is 49.3 Å². The highest BCUT2D eigenvalue weighted by Crippen LogP contribution is 2.47. The summed E-state index contributed by atoms with van der Waals surface area (Å²) < 4.78 is 63.6. The van der Waals surface area contributed by atoms with E-state index in [-0.39, 0.29) is 42.3 Å². The molecule has 0 radical (unpaired) electrons. The quantitative estimate of drug-likeness (QED) is 0.218. The van der Waals surface area contributed by atoms with Crippen molar-refractivity contribution >= 4 is 17.7 Å². The van der Waals surface area contributed by atoms with Gasteiger partial charge in [-0.3, -0.25) is 4.79 Å². The molecule has 0 aromatic heterocycles. The van der Waals surface area contributed by atoms with Gasteiger partial charge in [-0.15, -0.1) is 0 Å². The van der Waals surface area contributed by atoms with E-state index in [0.29, 0.717) is 36.8 Å². The number of fused-ring (bicyclic) bond motifs is 2. The predicted molar refractivity (Wildman–Crippen MR) is 231 cm³/mol. The van der Waals surface area contributed by atoms with Crippen LogP contribution in [0.4, 0.5) is 0 Å². The van der Waals surface area contributed by atoms with E-state index in [9.17, 15) is 20.1 Å². The molecule has 3 N–H and O–H groups in total. The van der Waals surface area contributed by atoms with Crippen molar-refractivity contribution in [3.8, 4) is 0 Å². The molecule has 1 spiro atoms. The van der Waals surface area contributed by atoms with Gasteiger partial charge in [-0.05, 0) is 63.2 Å². The molecule has 6 heterocycles. The zero-order valence-corrected chi connectivity index (χ0v) is 38.7. The molecular formula is C47H70O14S. The van der Waals surface area contributed by atoms with Gasteiger partial charge in [-0.1, -0.05) is 57.2 Å². The first-order chi connectivity index (χ1) is 29.5. The molecule has 0 saturated carbocycles. The molecule has 0 aromatic rings. The number of aliphatic hydroxyl groups excluding tert-OH is 2. The molecule has 348 valence electrons. The minimum atomic E-state index is -1.84. The number of hydrogen-bond acceptors (Lipinski definition) is 15. The summed E-state index contributed by atoms with van der Waals surface area (Å²) in [5, 5.41) is 34.4. The highest BCUT2D eigenvalue weighted by Gasteiger charge is 2.60. The molecule has 7 rings (SSSR count). The lowest BCUT2D eigenvalue weighted by atomic mass is 9.71. The van der Waals surface area contributed by atoms with Crippen LogP contribution in [-0.4, -0.2) is 151 Å². The number of carbonyl (C=O) groups excluding carboxylic acids is 1. The average Bonchev–Trinajstić information content (AvgIpc) is 3.58. The molecule has 7 aliphatic rings. The predicted octanol–water partition coefficient (Wildman–Crippen LogP) is 5.08. The van der Waals surface area contributed by atoms with Crippen LogP contribution in [0.25, 0.3) is 0 Å². The molecule has 6 aliphatic heterocycles. The van der Waals surface area contributed by atoms with Gasteiger partial charge in [-0.2, -0.15) is 11.8 Å². The Morgan fingerprint density at radius 1 is 0.887 bits per heavy atom. The van der Waals surface area contributed by atoms with Crippen LogP contribution in [-0.2, 0) is 52.2 Å². The van der Waals surface area contributed by atoms with Crippen molar-refractivity contribution in [1.29, 1.82) is 0 Å². The highest BCUT2D eigenvalue weighted by atomic mass is 32.2. The third-order valence-corrected chi connectivity index (χ3v) is 15.1. The molecule has 0 amide bonds. The molecule has 4 saturated heterocycles. The number of rotatable bonds is 8. The van der Waals surface area contributed by atoms with Crippen LogP contribution in [0.5, 0.6) is 0 Å². The Hall–Kier alpha value is -1.96. The number of ether oxygens (including phenoxy) is 10. The molecular weight excluding hydrogens is 821 g/mol. The summed E-state index contributed by atoms with van der Waals surface area (Å²) in [5.41, 5.74) is 0.123. The zero-order chi connectivity index (χ0) is 44.7. The van der Waals surface area contributed by atoms with Crippen LogP contribution < -0.4 is 0 Å². The summed E-state index contributed by atoms with van der Waals surface area (Å²) in [6, 6.07) is 0. The summed E-state index contributed by atoms with van der Waals surface area (Å²) >= 11 is 1.73. The Morgan fingerprint density at radius 2 is 1.60 bits per heavy atom. The van der Waals surface area contributed by atoms with Gasteiger partial charge in [0.2, 0.25) is 0 Å². The van der Waals surface area contributed by atoms with E-state index in [1.165, 1.54) is 0 Å². The molecule has 1 aliphatic carbocycles. The van der Waals surface area contributed by atoms with E-state index in [2.05, 4.69) is 39.2 Å². The van der Waals surface area contributed by atoms with Crippen LogP contribution in [0.2, 0.25) is 0 Å². The van der Waals surface area contributed by atoms with Crippen molar-refractivity contribution < 1.29 is 67.5 Å². The fourth-order valence-corrected chi connectivity index (χ4v) is 10.9. The smallest absolute Gasteiger partial charge is 0.316 e. The maximum Gasteiger partial charge on any atom is 0.316 e. The van der Waals surface area contributed by atoms with Gasteiger partial charge < -0.3 is 62.7 Å². The first kappa shape index (κ1) is 48.0. The minimum Gasteiger partial charge on any atom is -0.462 e. The van der Waals surface area contributed by atoms with Gasteiger partial charge in [0.15, 0.2) is 18.4 Å². The topological polar surface area (TPSA) is 170 Å². The van der Waals surface area contributed by atoms with Gasteiger partial charge in [-0.25, -0.2) is 0 Å². The van der Waals surface area contributed by atoms with Crippen LogP contribution in [0.1, 0.15) is 80.6 Å². The Morgan fingerprint density at radius 3 is 2.32 bits per heavy atom. The van der Waals surface area contributed by atoms with Crippen LogP contribution in [0.15, 0.2) is 59.3 Å². The van der Waals surface area contributed by atoms with E-state index >= 15 is 0 Å². The SMILES string of the molecule is CO[C@H]1C[C@H](O[C@H]2[C@H](C)O[C@@H](O[C@@H]3/C(C)=C\C[C@@H]4C[C@@H](C[C@]5(C=C[C@H](C)C(C(C)SC)O5)O4)OC(=O)[C@@H]4C=C(C)[C@@H](O)[C@H]5OCC(=C/C=C\[C@@H]3C)[C@]54O)C[C@@H]2OC)O[C@@H](C)[C@@H]1O. The lowest BCUT2D eigenvalue weighted by molar-refractivity contribution is -0.318. The Kier molecular flexibility index (Phi) is 15.4. The van der Waals surface area contributed by atoms with Gasteiger partial charge in [0.1, 0.15) is 42.0 Å². The second-order valence-electron chi connectivity index (χ2n) is 18.5. The van der Waals surface area contributed by atoms with Crippen LogP contribution >= 0.6 is 11.8 Å². The molecule has 14 nitrogen and oxygen atoms in total. The number of carbonyl (C=O) groups is 1. The number of methoxy groups -OCH3 is 2. The van der Waals surface area contributed by atoms with E-state index in [1.54, 1.807) is 52.0 Å². The summed E-state index contributed by atoms with van der Waals surface area (Å²) in [6.45, 7) is 13.9. The van der Waals surface area contributed by atoms with Gasteiger partial charge in [0, 0.05) is 57.0 Å². The average molecular weight is 891 g/mol. The zero-order valence-electron chi connectivity index (χ0n) is 37.9. The fraction of sp³-hybridized carbons (Fsp3) is 0.766. The van der Waals surface area contributed by atoms with E-state index < -0.39 is 96.9 Å². The van der Waals surface area contributed by atoms with Crippen molar-refractivity contribution in [2.75, 3.05) is 27.1 Å². The second kappa shape index (κ2) is 19.9. The largest absolute Gasteiger partial charge is 0.462 e. The van der Waals surface area contributed by atoms with E-state index in [4.69, 9.17) is 47.4 Å². The Labute approximate surface area is 371 Å². The summed E-state index contributed by atoms with van der Waals surface area (Å²) in [5.74, 6) is -2.87. The first-order valence-electron chi connectivity index (χ1n) is 22.4. The maximum atomic E-state index is 14.3. The lowest BCUT2D eigenvalue weighted by Crippen LogP contribution is -2.58. The van der Waals surface area contributed by atoms with Gasteiger partial charge in [0.25, 0.3) is 0 Å². The van der Waals surface area contributed by atoms with Crippen LogP contribution in [0, 0.1) is 17.8 Å². The second-order valence-corrected chi connectivity index (χ2v) is 19.7. The fourth-order valence-electron chi connectivity index (χ4n) is 10.4. The first-order valence-corrected chi connectivity index (χ1v) is 23.7. The molecule has 2 unspecified atom stereocenters. The lowest BCUT2D eigenvalue weighted by Gasteiger charge is -2.48. The number of esters is 1. The highest BCUT2D eigenvalue weighted by molar-refractivity contribution is 7.99. The Balaban J connectivity index is 1.18. The molecule has 15 heteroatoms. The number of thioether (sulfide) groups is 1. The molecule has 2 bridgehead atoms. The normalized spacial score (nSPS) is 48.3. The summed E-state index contributed by atoms with van der Waals surface area (Å²) in [4.78, 5) is 14.3. The minimum absolute atomic E-state index is 0.0297. The third-order valence-electron chi connectivity index (χ3n) is 14.1. The summed E-state index contributed by atoms with van der Waals surface area (Å²) in [6.07, 6.45) is 9.56. The number of aliphatic hydroxyl groups is 3. The Bertz CT molecular complexity index is 1730. The standard InChI is InChI=1S/C47H70O14S/c1-24-12-11-13-31-23-54-44-39(48)27(4)18-34(47(31,44)51)45(50)57-33-19-32(60-46(22-33)17-16-26(3)42(61-46)30(7)62-10)15-14-25(2)41(24)58-38-21-36(53-9)43(29(6)56-38)59-37-20-35(52-8)40(49)28(5)55-37/h11-14,16-18,24,26,28-30,32-44,48-49,51H,15,19-23H2,1-10H3/b12-11-,25-14-,31-13?/t24-,26-,28-,29-,30?,32+,33-,34-,35-,36-,37-,38-,39+,40-,41-,42?,43-,44+,46+,47+/m0/s1. The van der Waals surface area contributed by atoms with Crippen molar-refractivity contribution in [3.63, 3.8) is 0 Å². The third kappa shape index (κ3) is 9.77. The maximum absolute atomic E-state index is 14.3. The van der Waals surface area contributed by atoms with Crippen molar-refractivity contribution in [3.05, 3.63) is 59.3 Å². The van der Waals surface area contributed by atoms with E-state index in [0.717, 1.165) is 5.57 Å². The van der Waals surface area contributed by atoms with Crippen LogP contribution in [0.3, 0.4) is 0 Å². The van der Waals surface area contributed by atoms with Crippen molar-refractivity contribution in [2.24, 2.45) is 17.8 Å². The van der Waals surface area contributed by atoms with Crippen molar-refractivity contribution in [2.45, 2.75) is 183 Å². The van der Waals surface area contributed by atoms with Crippen molar-refractivity contribution in [1.82, 2.24) is 0 Å². The van der Waals surface area contributed by atoms with E-state index in [1.807, 2.05) is 32.1 Å². The molecule has 62 heavy (non-hydrogen) atoms. The number of allylic oxidation sites excluding steroid dienone is 2. The monoisotopic (exact) mass is 890 g/mol.